The summed E-state index contributed by atoms with van der Waals surface area (Å²) >= 11 is 1.27. The second-order valence-corrected chi connectivity index (χ2v) is 6.76. The molecule has 128 valence electrons. The van der Waals surface area contributed by atoms with E-state index in [0.29, 0.717) is 10.3 Å². The number of amides is 1. The highest BCUT2D eigenvalue weighted by molar-refractivity contribution is 7.20. The fourth-order valence-corrected chi connectivity index (χ4v) is 3.42. The summed E-state index contributed by atoms with van der Waals surface area (Å²) < 4.78 is 2.86. The number of hydrogen-bond donors (Lipinski definition) is 1. The van der Waals surface area contributed by atoms with E-state index in [9.17, 15) is 14.9 Å². The third-order valence-corrected chi connectivity index (χ3v) is 5.23. The Bertz CT molecular complexity index is 1020. The van der Waals surface area contributed by atoms with Crippen LogP contribution >= 0.6 is 11.3 Å². The summed E-state index contributed by atoms with van der Waals surface area (Å²) in [6, 6.07) is 8.16. The third kappa shape index (κ3) is 3.29. The van der Waals surface area contributed by atoms with Crippen LogP contribution in [0.1, 0.15) is 26.6 Å². The normalized spacial score (nSPS) is 11.3. The Morgan fingerprint density at radius 2 is 2.08 bits per heavy atom. The van der Waals surface area contributed by atoms with Crippen LogP contribution in [0.3, 0.4) is 0 Å². The molecule has 3 aromatic rings. The summed E-state index contributed by atoms with van der Waals surface area (Å²) in [5, 5.41) is 15.5. The minimum absolute atomic E-state index is 0.00482. The number of aromatic nitrogens is 1. The number of nitrogens with one attached hydrogen (secondary N) is 1. The standard InChI is InChI=1S/C17H16N4O3S/c1-10-6-13(11(2)20(10)3)9-18-19-17(22)16-8-12-7-14(21(23)24)4-5-15(12)25-16/h4-9H,1-3H3,(H,19,22). The number of nitrogens with zero attached hydrogens (tertiary/aromatic N) is 3. The number of thiophene rings is 1. The van der Waals surface area contributed by atoms with Gasteiger partial charge in [-0.1, -0.05) is 0 Å². The van der Waals surface area contributed by atoms with Crippen LogP contribution in [0.25, 0.3) is 10.1 Å². The van der Waals surface area contributed by atoms with Gasteiger partial charge in [0.1, 0.15) is 0 Å². The predicted octanol–water partition coefficient (Wildman–Crippen LogP) is 3.53. The second-order valence-electron chi connectivity index (χ2n) is 5.67. The van der Waals surface area contributed by atoms with Crippen LogP contribution in [-0.4, -0.2) is 21.6 Å². The number of carbonyl (C=O) groups is 1. The van der Waals surface area contributed by atoms with E-state index in [1.54, 1.807) is 18.3 Å². The van der Waals surface area contributed by atoms with Crippen molar-refractivity contribution < 1.29 is 9.72 Å². The van der Waals surface area contributed by atoms with Crippen molar-refractivity contribution in [3.8, 4) is 0 Å². The van der Waals surface area contributed by atoms with Crippen LogP contribution in [0.4, 0.5) is 5.69 Å². The maximum atomic E-state index is 12.2. The molecule has 0 aliphatic rings. The van der Waals surface area contributed by atoms with E-state index in [0.717, 1.165) is 21.7 Å². The molecule has 8 heteroatoms. The van der Waals surface area contributed by atoms with Crippen molar-refractivity contribution in [3.63, 3.8) is 0 Å². The smallest absolute Gasteiger partial charge is 0.281 e. The molecule has 0 saturated heterocycles. The Morgan fingerprint density at radius 3 is 2.72 bits per heavy atom. The predicted molar refractivity (Wildman–Crippen MR) is 98.4 cm³/mol. The summed E-state index contributed by atoms with van der Waals surface area (Å²) in [4.78, 5) is 23.0. The maximum absolute atomic E-state index is 12.2. The number of hydrazone groups is 1. The van der Waals surface area contributed by atoms with Crippen molar-refractivity contribution in [1.29, 1.82) is 0 Å². The number of hydrogen-bond acceptors (Lipinski definition) is 5. The molecule has 3 rings (SSSR count). The highest BCUT2D eigenvalue weighted by Gasteiger charge is 2.13. The van der Waals surface area contributed by atoms with Crippen molar-refractivity contribution in [2.75, 3.05) is 0 Å². The van der Waals surface area contributed by atoms with Gasteiger partial charge >= 0.3 is 0 Å². The van der Waals surface area contributed by atoms with Crippen LogP contribution in [0.2, 0.25) is 0 Å². The third-order valence-electron chi connectivity index (χ3n) is 4.12. The van der Waals surface area contributed by atoms with E-state index in [1.165, 1.54) is 23.5 Å². The molecule has 0 aliphatic heterocycles. The van der Waals surface area contributed by atoms with Gasteiger partial charge in [0.25, 0.3) is 11.6 Å². The van der Waals surface area contributed by atoms with Gasteiger partial charge in [-0.3, -0.25) is 14.9 Å². The number of aryl methyl sites for hydroxylation is 1. The van der Waals surface area contributed by atoms with Gasteiger partial charge in [-0.25, -0.2) is 5.43 Å². The number of rotatable bonds is 4. The molecular weight excluding hydrogens is 340 g/mol. The number of nitro benzene ring substituents is 1. The van der Waals surface area contributed by atoms with Gasteiger partial charge in [-0.15, -0.1) is 11.3 Å². The lowest BCUT2D eigenvalue weighted by atomic mass is 10.2. The quantitative estimate of drug-likeness (QED) is 0.440. The molecule has 0 unspecified atom stereocenters. The molecule has 2 heterocycles. The molecule has 0 spiro atoms. The zero-order chi connectivity index (χ0) is 18.1. The Balaban J connectivity index is 1.76. The average Bonchev–Trinajstić information content (AvgIpc) is 3.11. The number of carbonyl (C=O) groups excluding carboxylic acids is 1. The SMILES string of the molecule is Cc1cc(C=NNC(=O)c2cc3cc([N+](=O)[O-])ccc3s2)c(C)n1C. The van der Waals surface area contributed by atoms with Gasteiger partial charge in [-0.2, -0.15) is 5.10 Å². The van der Waals surface area contributed by atoms with Crippen molar-refractivity contribution >= 4 is 39.2 Å². The molecular formula is C17H16N4O3S. The van der Waals surface area contributed by atoms with Crippen LogP contribution in [0.15, 0.2) is 35.4 Å². The molecule has 7 nitrogen and oxygen atoms in total. The van der Waals surface area contributed by atoms with Crippen LogP contribution in [-0.2, 0) is 7.05 Å². The van der Waals surface area contributed by atoms with Gasteiger partial charge in [-0.05, 0) is 32.0 Å². The molecule has 0 atom stereocenters. The van der Waals surface area contributed by atoms with E-state index in [2.05, 4.69) is 10.5 Å². The Morgan fingerprint density at radius 1 is 1.32 bits per heavy atom. The molecule has 1 amide bonds. The maximum Gasteiger partial charge on any atom is 0.281 e. The first kappa shape index (κ1) is 16.8. The fourth-order valence-electron chi connectivity index (χ4n) is 2.49. The van der Waals surface area contributed by atoms with Crippen LogP contribution in [0.5, 0.6) is 0 Å². The van der Waals surface area contributed by atoms with Gasteiger partial charge in [0.05, 0.1) is 16.0 Å². The highest BCUT2D eigenvalue weighted by Crippen LogP contribution is 2.28. The van der Waals surface area contributed by atoms with Crippen LogP contribution in [0, 0.1) is 24.0 Å². The lowest BCUT2D eigenvalue weighted by Gasteiger charge is -1.99. The van der Waals surface area contributed by atoms with Crippen molar-refractivity contribution in [3.05, 3.63) is 62.3 Å². The topological polar surface area (TPSA) is 89.5 Å². The molecule has 0 fully saturated rings. The van der Waals surface area contributed by atoms with Crippen molar-refractivity contribution in [2.45, 2.75) is 13.8 Å². The summed E-state index contributed by atoms with van der Waals surface area (Å²) in [7, 11) is 1.97. The Labute approximate surface area is 147 Å². The first-order chi connectivity index (χ1) is 11.9. The number of nitro groups is 1. The molecule has 0 saturated carbocycles. The fraction of sp³-hybridized carbons (Fsp3) is 0.176. The van der Waals surface area contributed by atoms with E-state index < -0.39 is 4.92 Å². The molecule has 0 bridgehead atoms. The second kappa shape index (κ2) is 6.48. The summed E-state index contributed by atoms with van der Waals surface area (Å²) in [5.41, 5.74) is 5.61. The van der Waals surface area contributed by atoms with E-state index in [-0.39, 0.29) is 11.6 Å². The molecule has 1 aromatic carbocycles. The zero-order valence-corrected chi connectivity index (χ0v) is 14.8. The zero-order valence-electron chi connectivity index (χ0n) is 13.9. The molecule has 0 aliphatic carbocycles. The lowest BCUT2D eigenvalue weighted by Crippen LogP contribution is -2.16. The van der Waals surface area contributed by atoms with Gasteiger partial charge in [0.2, 0.25) is 0 Å². The Kier molecular flexibility index (Phi) is 4.37. The molecule has 2 aromatic heterocycles. The molecule has 25 heavy (non-hydrogen) atoms. The van der Waals surface area contributed by atoms with Gasteiger partial charge < -0.3 is 4.57 Å². The summed E-state index contributed by atoms with van der Waals surface area (Å²) in [6.07, 6.45) is 1.61. The first-order valence-corrected chi connectivity index (χ1v) is 8.33. The van der Waals surface area contributed by atoms with E-state index in [1.807, 2.05) is 31.5 Å². The largest absolute Gasteiger partial charge is 0.352 e. The minimum Gasteiger partial charge on any atom is -0.352 e. The van der Waals surface area contributed by atoms with Gasteiger partial charge in [0, 0.05) is 46.2 Å². The van der Waals surface area contributed by atoms with Gasteiger partial charge in [0.15, 0.2) is 0 Å². The van der Waals surface area contributed by atoms with E-state index in [4.69, 9.17) is 0 Å². The van der Waals surface area contributed by atoms with Crippen molar-refractivity contribution in [2.24, 2.45) is 12.1 Å². The molecule has 0 radical (unpaired) electrons. The number of fused-ring (bicyclic) bond motifs is 1. The van der Waals surface area contributed by atoms with Crippen LogP contribution < -0.4 is 5.43 Å². The lowest BCUT2D eigenvalue weighted by molar-refractivity contribution is -0.384. The number of benzene rings is 1. The molecule has 1 N–H and O–H groups in total. The number of non-ortho nitro benzene ring substituents is 1. The van der Waals surface area contributed by atoms with E-state index >= 15 is 0 Å². The first-order valence-electron chi connectivity index (χ1n) is 7.51. The van der Waals surface area contributed by atoms with Crippen molar-refractivity contribution in [1.82, 2.24) is 9.99 Å². The average molecular weight is 356 g/mol. The summed E-state index contributed by atoms with van der Waals surface area (Å²) in [6.45, 7) is 3.98. The Hall–Kier alpha value is -3.00. The summed E-state index contributed by atoms with van der Waals surface area (Å²) in [5.74, 6) is -0.342. The monoisotopic (exact) mass is 356 g/mol. The highest BCUT2D eigenvalue weighted by atomic mass is 32.1. The minimum atomic E-state index is -0.453.